The van der Waals surface area contributed by atoms with Crippen LogP contribution < -0.4 is 5.73 Å². The smallest absolute Gasteiger partial charge is 0.220 e. The molecule has 2 N–H and O–H groups in total. The molecule has 5 nitrogen and oxygen atoms in total. The van der Waals surface area contributed by atoms with E-state index in [0.29, 0.717) is 13.2 Å². The molecular weight excluding hydrogens is 236 g/mol. The maximum Gasteiger partial charge on any atom is 0.220 e. The van der Waals surface area contributed by atoms with Gasteiger partial charge in [0.05, 0.1) is 11.6 Å². The Bertz CT molecular complexity index is 325. The number of hydrogen-bond donors (Lipinski definition) is 1. The summed E-state index contributed by atoms with van der Waals surface area (Å²) in [6, 6.07) is 0.125. The van der Waals surface area contributed by atoms with E-state index in [2.05, 4.69) is 12.2 Å². The number of hydrogen-bond acceptors (Lipinski definition) is 4. The van der Waals surface area contributed by atoms with E-state index in [9.17, 15) is 8.42 Å². The normalized spacial score (nSPS) is 16.9. The zero-order valence-corrected chi connectivity index (χ0v) is 10.3. The van der Waals surface area contributed by atoms with Crippen molar-refractivity contribution in [1.29, 1.82) is 0 Å². The molecule has 0 saturated heterocycles. The Morgan fingerprint density at radius 1 is 1.60 bits per heavy atom. The van der Waals surface area contributed by atoms with E-state index < -0.39 is 10.0 Å². The van der Waals surface area contributed by atoms with Gasteiger partial charge in [0.15, 0.2) is 0 Å². The van der Waals surface area contributed by atoms with Crippen LogP contribution in [0.25, 0.3) is 0 Å². The highest BCUT2D eigenvalue weighted by Gasteiger charge is 2.36. The molecule has 0 aromatic heterocycles. The zero-order chi connectivity index (χ0) is 11.5. The first-order valence-electron chi connectivity index (χ1n) is 4.74. The fourth-order valence-electron chi connectivity index (χ4n) is 1.36. The molecule has 1 aliphatic carbocycles. The molecule has 0 unspecified atom stereocenters. The number of nitrogens with two attached hydrogens (primary N) is 1. The molecular formula is C8H16N2O3S2. The van der Waals surface area contributed by atoms with Crippen molar-refractivity contribution >= 4 is 27.2 Å². The van der Waals surface area contributed by atoms with Crippen LogP contribution in [0.1, 0.15) is 12.8 Å². The first-order valence-corrected chi connectivity index (χ1v) is 6.76. The van der Waals surface area contributed by atoms with Crippen molar-refractivity contribution in [3.63, 3.8) is 0 Å². The fourth-order valence-corrected chi connectivity index (χ4v) is 3.35. The molecule has 15 heavy (non-hydrogen) atoms. The van der Waals surface area contributed by atoms with Crippen LogP contribution in [0.2, 0.25) is 0 Å². The number of methoxy groups -OCH3 is 1. The minimum absolute atomic E-state index is 0.0121. The van der Waals surface area contributed by atoms with Gasteiger partial charge in [-0.25, -0.2) is 8.42 Å². The van der Waals surface area contributed by atoms with E-state index >= 15 is 0 Å². The molecule has 0 amide bonds. The SMILES string of the molecule is COCCN(C1CC1)S(=O)(=O)CC(N)=S. The molecule has 1 aliphatic rings. The molecule has 0 spiro atoms. The average Bonchev–Trinajstić information content (AvgIpc) is 2.85. The summed E-state index contributed by atoms with van der Waals surface area (Å²) in [7, 11) is -1.80. The lowest BCUT2D eigenvalue weighted by Gasteiger charge is -2.20. The Morgan fingerprint density at radius 2 is 2.20 bits per heavy atom. The van der Waals surface area contributed by atoms with Crippen LogP contribution >= 0.6 is 12.2 Å². The molecule has 1 rings (SSSR count). The van der Waals surface area contributed by atoms with Crippen molar-refractivity contribution in [2.24, 2.45) is 5.73 Å². The van der Waals surface area contributed by atoms with Gasteiger partial charge in [-0.3, -0.25) is 0 Å². The molecule has 0 bridgehead atoms. The van der Waals surface area contributed by atoms with Crippen LogP contribution in [-0.4, -0.2) is 49.8 Å². The van der Waals surface area contributed by atoms with E-state index in [4.69, 9.17) is 10.5 Å². The molecule has 0 radical (unpaired) electrons. The number of sulfonamides is 1. The van der Waals surface area contributed by atoms with Gasteiger partial charge in [0.1, 0.15) is 5.75 Å². The summed E-state index contributed by atoms with van der Waals surface area (Å²) >= 11 is 4.62. The molecule has 0 atom stereocenters. The van der Waals surface area contributed by atoms with Gasteiger partial charge in [0.2, 0.25) is 10.0 Å². The second-order valence-electron chi connectivity index (χ2n) is 3.56. The molecule has 1 fully saturated rings. The molecule has 0 aromatic rings. The van der Waals surface area contributed by atoms with Gasteiger partial charge in [-0.15, -0.1) is 0 Å². The zero-order valence-electron chi connectivity index (χ0n) is 8.68. The second kappa shape index (κ2) is 5.20. The summed E-state index contributed by atoms with van der Waals surface area (Å²) in [6.45, 7) is 0.777. The Morgan fingerprint density at radius 3 is 2.60 bits per heavy atom. The maximum absolute atomic E-state index is 11.8. The second-order valence-corrected chi connectivity index (χ2v) is 6.00. The van der Waals surface area contributed by atoms with Crippen LogP contribution in [0.15, 0.2) is 0 Å². The van der Waals surface area contributed by atoms with Gasteiger partial charge in [-0.05, 0) is 12.8 Å². The molecule has 7 heteroatoms. The molecule has 0 heterocycles. The van der Waals surface area contributed by atoms with Crippen molar-refractivity contribution in [1.82, 2.24) is 4.31 Å². The molecule has 0 aromatic carbocycles. The van der Waals surface area contributed by atoms with Gasteiger partial charge in [-0.1, -0.05) is 12.2 Å². The highest BCUT2D eigenvalue weighted by Crippen LogP contribution is 2.29. The van der Waals surface area contributed by atoms with Crippen molar-refractivity contribution in [3.8, 4) is 0 Å². The van der Waals surface area contributed by atoms with Crippen LogP contribution in [0.4, 0.5) is 0 Å². The van der Waals surface area contributed by atoms with Gasteiger partial charge in [0.25, 0.3) is 0 Å². The third kappa shape index (κ3) is 4.02. The van der Waals surface area contributed by atoms with Gasteiger partial charge in [-0.2, -0.15) is 4.31 Å². The minimum Gasteiger partial charge on any atom is -0.392 e. The molecule has 1 saturated carbocycles. The van der Waals surface area contributed by atoms with Gasteiger partial charge < -0.3 is 10.5 Å². The van der Waals surface area contributed by atoms with Crippen molar-refractivity contribution in [2.45, 2.75) is 18.9 Å². The standard InChI is InChI=1S/C8H16N2O3S2/c1-13-5-4-10(7-2-3-7)15(11,12)6-8(9)14/h7H,2-6H2,1H3,(H2,9,14). The van der Waals surface area contributed by atoms with Crippen LogP contribution in [0.3, 0.4) is 0 Å². The van der Waals surface area contributed by atoms with Gasteiger partial charge >= 0.3 is 0 Å². The van der Waals surface area contributed by atoms with Gasteiger partial charge in [0, 0.05) is 19.7 Å². The van der Waals surface area contributed by atoms with Crippen molar-refractivity contribution in [3.05, 3.63) is 0 Å². The van der Waals surface area contributed by atoms with E-state index in [1.807, 2.05) is 0 Å². The van der Waals surface area contributed by atoms with E-state index in [-0.39, 0.29) is 16.8 Å². The summed E-state index contributed by atoms with van der Waals surface area (Å²) in [5, 5.41) is 0. The Hall–Kier alpha value is -0.240. The lowest BCUT2D eigenvalue weighted by atomic mass is 10.6. The summed E-state index contributed by atoms with van der Waals surface area (Å²) in [5.74, 6) is -0.247. The number of rotatable bonds is 7. The number of thiocarbonyl (C=S) groups is 1. The summed E-state index contributed by atoms with van der Waals surface area (Å²) in [4.78, 5) is 0.0121. The van der Waals surface area contributed by atoms with Crippen molar-refractivity contribution in [2.75, 3.05) is 26.0 Å². The highest BCUT2D eigenvalue weighted by molar-refractivity contribution is 7.92. The third-order valence-corrected chi connectivity index (χ3v) is 4.35. The lowest BCUT2D eigenvalue weighted by molar-refractivity contribution is 0.177. The minimum atomic E-state index is -3.34. The van der Waals surface area contributed by atoms with Crippen LogP contribution in [0.5, 0.6) is 0 Å². The summed E-state index contributed by atoms with van der Waals surface area (Å²) in [5.41, 5.74) is 5.26. The molecule has 88 valence electrons. The first kappa shape index (κ1) is 12.8. The highest BCUT2D eigenvalue weighted by atomic mass is 32.2. The monoisotopic (exact) mass is 252 g/mol. The number of ether oxygens (including phenoxy) is 1. The molecule has 0 aliphatic heterocycles. The number of nitrogens with zero attached hydrogens (tertiary/aromatic N) is 1. The predicted octanol–water partition coefficient (Wildman–Crippen LogP) is -0.287. The summed E-state index contributed by atoms with van der Waals surface area (Å²) in [6.07, 6.45) is 1.83. The van der Waals surface area contributed by atoms with E-state index in [1.54, 1.807) is 7.11 Å². The summed E-state index contributed by atoms with van der Waals surface area (Å²) < 4.78 is 30.0. The fraction of sp³-hybridized carbons (Fsp3) is 0.875. The van der Waals surface area contributed by atoms with E-state index in [1.165, 1.54) is 4.31 Å². The largest absolute Gasteiger partial charge is 0.392 e. The average molecular weight is 252 g/mol. The quantitative estimate of drug-likeness (QED) is 0.631. The predicted molar refractivity (Wildman–Crippen MR) is 62.2 cm³/mol. The third-order valence-electron chi connectivity index (χ3n) is 2.15. The topological polar surface area (TPSA) is 72.6 Å². The van der Waals surface area contributed by atoms with Crippen molar-refractivity contribution < 1.29 is 13.2 Å². The van der Waals surface area contributed by atoms with Crippen LogP contribution in [-0.2, 0) is 14.8 Å². The first-order chi connectivity index (χ1) is 6.97. The Labute approximate surface area is 95.6 Å². The lowest BCUT2D eigenvalue weighted by Crippen LogP contribution is -2.40. The van der Waals surface area contributed by atoms with E-state index in [0.717, 1.165) is 12.8 Å². The maximum atomic E-state index is 11.8. The Balaban J connectivity index is 2.65. The van der Waals surface area contributed by atoms with Crippen LogP contribution in [0, 0.1) is 0 Å². The Kier molecular flexibility index (Phi) is 4.45.